The van der Waals surface area contributed by atoms with Crippen molar-refractivity contribution in [2.45, 2.75) is 31.6 Å². The second kappa shape index (κ2) is 9.66. The molecule has 5 heteroatoms. The second-order valence-corrected chi connectivity index (χ2v) is 8.33. The van der Waals surface area contributed by atoms with Gasteiger partial charge in [-0.05, 0) is 59.7 Å². The fourth-order valence-electron chi connectivity index (χ4n) is 4.80. The van der Waals surface area contributed by atoms with Gasteiger partial charge in [0, 0.05) is 16.5 Å². The Labute approximate surface area is 194 Å². The van der Waals surface area contributed by atoms with E-state index in [1.807, 2.05) is 43.3 Å². The lowest BCUT2D eigenvalue weighted by molar-refractivity contribution is -0.143. The van der Waals surface area contributed by atoms with E-state index in [1.54, 1.807) is 14.2 Å². The molecule has 1 aliphatic carbocycles. The average Bonchev–Trinajstić information content (AvgIpc) is 2.93. The Hall–Kier alpha value is -2.98. The van der Waals surface area contributed by atoms with Crippen molar-refractivity contribution in [3.63, 3.8) is 0 Å². The minimum Gasteiger partial charge on any atom is -0.493 e. The van der Waals surface area contributed by atoms with Crippen molar-refractivity contribution in [1.29, 1.82) is 0 Å². The molecule has 0 aromatic heterocycles. The minimum atomic E-state index is -0.187. The van der Waals surface area contributed by atoms with E-state index in [0.717, 1.165) is 27.8 Å². The van der Waals surface area contributed by atoms with Gasteiger partial charge in [0.1, 0.15) is 0 Å². The van der Waals surface area contributed by atoms with Crippen LogP contribution in [0.4, 0.5) is 0 Å². The Morgan fingerprint density at radius 3 is 2.44 bits per heavy atom. The van der Waals surface area contributed by atoms with Gasteiger partial charge in [-0.2, -0.15) is 0 Å². The molecule has 0 amide bonds. The first-order valence-corrected chi connectivity index (χ1v) is 11.2. The summed E-state index contributed by atoms with van der Waals surface area (Å²) in [6.45, 7) is 2.21. The predicted molar refractivity (Wildman–Crippen MR) is 127 cm³/mol. The van der Waals surface area contributed by atoms with E-state index in [2.05, 4.69) is 24.3 Å². The molecule has 0 heterocycles. The molecule has 0 fully saturated rings. The monoisotopic (exact) mass is 450 g/mol. The van der Waals surface area contributed by atoms with Crippen LogP contribution in [0.1, 0.15) is 48.3 Å². The molecule has 0 saturated carbocycles. The molecule has 4 nitrogen and oxygen atoms in total. The van der Waals surface area contributed by atoms with Crippen LogP contribution in [0.5, 0.6) is 11.5 Å². The molecule has 0 aliphatic heterocycles. The van der Waals surface area contributed by atoms with Crippen LogP contribution < -0.4 is 9.47 Å². The van der Waals surface area contributed by atoms with Crippen molar-refractivity contribution in [3.05, 3.63) is 82.4 Å². The van der Waals surface area contributed by atoms with Crippen molar-refractivity contribution in [3.8, 4) is 22.6 Å². The zero-order chi connectivity index (χ0) is 22.7. The maximum absolute atomic E-state index is 12.5. The molecule has 0 N–H and O–H groups in total. The number of hydrogen-bond acceptors (Lipinski definition) is 4. The fourth-order valence-corrected chi connectivity index (χ4v) is 4.98. The summed E-state index contributed by atoms with van der Waals surface area (Å²) in [5, 5.41) is 0.678. The molecule has 1 aliphatic rings. The molecule has 3 aromatic rings. The van der Waals surface area contributed by atoms with E-state index in [0.29, 0.717) is 36.0 Å². The number of methoxy groups -OCH3 is 2. The summed E-state index contributed by atoms with van der Waals surface area (Å²) in [7, 11) is 3.29. The number of carbonyl (C=O) groups is 1. The molecular weight excluding hydrogens is 424 g/mol. The molecule has 32 heavy (non-hydrogen) atoms. The third-order valence-corrected chi connectivity index (χ3v) is 6.36. The summed E-state index contributed by atoms with van der Waals surface area (Å²) in [6, 6.07) is 20.2. The molecule has 2 atom stereocenters. The Morgan fingerprint density at radius 1 is 0.938 bits per heavy atom. The molecule has 3 aromatic carbocycles. The van der Waals surface area contributed by atoms with Crippen molar-refractivity contribution < 1.29 is 19.0 Å². The Balaban J connectivity index is 1.93. The smallest absolute Gasteiger partial charge is 0.306 e. The molecule has 0 spiro atoms. The highest BCUT2D eigenvalue weighted by molar-refractivity contribution is 6.30. The van der Waals surface area contributed by atoms with E-state index >= 15 is 0 Å². The Morgan fingerprint density at radius 2 is 1.69 bits per heavy atom. The van der Waals surface area contributed by atoms with Crippen LogP contribution in [0, 0.1) is 0 Å². The largest absolute Gasteiger partial charge is 0.493 e. The SMILES string of the molecule is CCOC(=O)CC1C[C@@H](c2cccc(OC)c2OC)c2cc(Cl)ccc2-c2ccccc21. The number of hydrogen-bond donors (Lipinski definition) is 0. The van der Waals surface area contributed by atoms with Crippen LogP contribution >= 0.6 is 11.6 Å². The van der Waals surface area contributed by atoms with E-state index in [1.165, 1.54) is 0 Å². The first kappa shape index (κ1) is 22.2. The fraction of sp³-hybridized carbons (Fsp3) is 0.296. The van der Waals surface area contributed by atoms with Crippen molar-refractivity contribution in [2.24, 2.45) is 0 Å². The standard InChI is InChI=1S/C27H27ClO4/c1-4-32-26(29)15-17-14-23(22-10-7-11-25(30-2)27(22)31-3)24-16-18(28)12-13-21(24)20-9-6-5-8-19(17)20/h5-13,16-17,23H,4,14-15H2,1-3H3/t17?,23-/m0/s1. The second-order valence-electron chi connectivity index (χ2n) is 7.90. The van der Waals surface area contributed by atoms with Crippen molar-refractivity contribution >= 4 is 17.6 Å². The van der Waals surface area contributed by atoms with E-state index in [9.17, 15) is 4.79 Å². The van der Waals surface area contributed by atoms with Gasteiger partial charge in [-0.15, -0.1) is 0 Å². The maximum atomic E-state index is 12.5. The minimum absolute atomic E-state index is 0.0164. The van der Waals surface area contributed by atoms with Gasteiger partial charge in [0.15, 0.2) is 11.5 Å². The van der Waals surface area contributed by atoms with Crippen molar-refractivity contribution in [2.75, 3.05) is 20.8 Å². The molecule has 1 unspecified atom stereocenters. The molecule has 4 rings (SSSR count). The van der Waals surface area contributed by atoms with Gasteiger partial charge < -0.3 is 14.2 Å². The van der Waals surface area contributed by atoms with Gasteiger partial charge in [-0.1, -0.05) is 54.1 Å². The number of rotatable bonds is 6. The van der Waals surface area contributed by atoms with Gasteiger partial charge >= 0.3 is 5.97 Å². The average molecular weight is 451 g/mol. The normalized spacial score (nSPS) is 17.0. The zero-order valence-electron chi connectivity index (χ0n) is 18.6. The number of carbonyl (C=O) groups excluding carboxylic acids is 1. The Bertz CT molecular complexity index is 1120. The summed E-state index contributed by atoms with van der Waals surface area (Å²) >= 11 is 6.47. The molecule has 166 valence electrons. The van der Waals surface area contributed by atoms with Crippen molar-refractivity contribution in [1.82, 2.24) is 0 Å². The maximum Gasteiger partial charge on any atom is 0.306 e. The van der Waals surface area contributed by atoms with Crippen LogP contribution in [0.3, 0.4) is 0 Å². The van der Waals surface area contributed by atoms with Gasteiger partial charge in [0.2, 0.25) is 0 Å². The number of ether oxygens (including phenoxy) is 3. The highest BCUT2D eigenvalue weighted by Gasteiger charge is 2.33. The van der Waals surface area contributed by atoms with Crippen LogP contribution in [0.15, 0.2) is 60.7 Å². The number of benzene rings is 3. The van der Waals surface area contributed by atoms with Gasteiger partial charge in [0.25, 0.3) is 0 Å². The summed E-state index contributed by atoms with van der Waals surface area (Å²) in [4.78, 5) is 12.5. The van der Waals surface area contributed by atoms with Crippen LogP contribution in [-0.2, 0) is 9.53 Å². The lowest BCUT2D eigenvalue weighted by Gasteiger charge is -2.25. The van der Waals surface area contributed by atoms with E-state index in [-0.39, 0.29) is 17.8 Å². The highest BCUT2D eigenvalue weighted by atomic mass is 35.5. The number of para-hydroxylation sites is 1. The first-order valence-electron chi connectivity index (χ1n) is 10.8. The molecular formula is C27H27ClO4. The lowest BCUT2D eigenvalue weighted by Crippen LogP contribution is -2.14. The Kier molecular flexibility index (Phi) is 6.71. The summed E-state index contributed by atoms with van der Waals surface area (Å²) in [5.41, 5.74) is 5.51. The molecule has 0 saturated heterocycles. The highest BCUT2D eigenvalue weighted by Crippen LogP contribution is 2.50. The van der Waals surface area contributed by atoms with Gasteiger partial charge in [-0.3, -0.25) is 4.79 Å². The number of halogens is 1. The topological polar surface area (TPSA) is 44.8 Å². The molecule has 0 bridgehead atoms. The lowest BCUT2D eigenvalue weighted by atomic mass is 9.81. The summed E-state index contributed by atoms with van der Waals surface area (Å²) < 4.78 is 16.7. The quantitative estimate of drug-likeness (QED) is 0.397. The van der Waals surface area contributed by atoms with Gasteiger partial charge in [-0.25, -0.2) is 0 Å². The third-order valence-electron chi connectivity index (χ3n) is 6.13. The van der Waals surface area contributed by atoms with Crippen LogP contribution in [0.2, 0.25) is 5.02 Å². The third kappa shape index (κ3) is 4.20. The van der Waals surface area contributed by atoms with E-state index < -0.39 is 0 Å². The number of fused-ring (bicyclic) bond motifs is 3. The first-order chi connectivity index (χ1) is 15.6. The molecule has 0 radical (unpaired) electrons. The van der Waals surface area contributed by atoms with Gasteiger partial charge in [0.05, 0.1) is 27.2 Å². The number of esters is 1. The zero-order valence-corrected chi connectivity index (χ0v) is 19.3. The van der Waals surface area contributed by atoms with E-state index in [4.69, 9.17) is 25.8 Å². The predicted octanol–water partition coefficient (Wildman–Crippen LogP) is 6.60. The summed E-state index contributed by atoms with van der Waals surface area (Å²) in [6.07, 6.45) is 1.03. The summed E-state index contributed by atoms with van der Waals surface area (Å²) in [5.74, 6) is 1.13. The van der Waals surface area contributed by atoms with Crippen LogP contribution in [-0.4, -0.2) is 26.8 Å². The van der Waals surface area contributed by atoms with Crippen LogP contribution in [0.25, 0.3) is 11.1 Å².